The minimum Gasteiger partial charge on any atom is -0.465 e. The van der Waals surface area contributed by atoms with Crippen molar-refractivity contribution < 1.29 is 9.53 Å². The molecule has 5 heteroatoms. The summed E-state index contributed by atoms with van der Waals surface area (Å²) in [6.45, 7) is 0. The molecule has 0 aliphatic heterocycles. The maximum Gasteiger partial charge on any atom is 0.337 e. The Kier molecular flexibility index (Phi) is 2.52. The minimum atomic E-state index is -0.323. The zero-order chi connectivity index (χ0) is 10.1. The van der Waals surface area contributed by atoms with Crippen LogP contribution in [0.25, 0.3) is 10.1 Å². The third-order valence-corrected chi connectivity index (χ3v) is 3.50. The summed E-state index contributed by atoms with van der Waals surface area (Å²) in [4.78, 5) is 11.2. The molecule has 0 bridgehead atoms. The second kappa shape index (κ2) is 3.67. The van der Waals surface area contributed by atoms with Crippen LogP contribution in [0.3, 0.4) is 0 Å². The van der Waals surface area contributed by atoms with E-state index in [1.54, 1.807) is 12.1 Å². The number of methoxy groups -OCH3 is 1. The summed E-state index contributed by atoms with van der Waals surface area (Å²) in [5.74, 6) is -0.323. The van der Waals surface area contributed by atoms with Crippen molar-refractivity contribution in [3.63, 3.8) is 0 Å². The van der Waals surface area contributed by atoms with Crippen LogP contribution in [-0.2, 0) is 4.74 Å². The molecule has 0 radical (unpaired) electrons. The number of benzene rings is 1. The van der Waals surface area contributed by atoms with E-state index < -0.39 is 0 Å². The van der Waals surface area contributed by atoms with E-state index in [1.165, 1.54) is 18.6 Å². The van der Waals surface area contributed by atoms with Gasteiger partial charge in [-0.3, -0.25) is 0 Å². The Hall–Kier alpha value is -0.940. The number of nitrogens with zero attached hydrogens (tertiary/aromatic N) is 1. The van der Waals surface area contributed by atoms with Crippen molar-refractivity contribution in [1.29, 1.82) is 0 Å². The molecule has 72 valence electrons. The lowest BCUT2D eigenvalue weighted by atomic mass is 10.2. The highest BCUT2D eigenvalue weighted by Gasteiger charge is 2.08. The largest absolute Gasteiger partial charge is 0.465 e. The maximum absolute atomic E-state index is 11.2. The molecule has 1 aromatic carbocycles. The van der Waals surface area contributed by atoms with E-state index in [1.807, 2.05) is 6.07 Å². The van der Waals surface area contributed by atoms with Crippen LogP contribution in [0.5, 0.6) is 0 Å². The van der Waals surface area contributed by atoms with Crippen LogP contribution in [0.2, 0.25) is 0 Å². The van der Waals surface area contributed by atoms with Gasteiger partial charge in [-0.2, -0.15) is 4.37 Å². The van der Waals surface area contributed by atoms with Gasteiger partial charge in [0.15, 0.2) is 0 Å². The molecule has 0 aliphatic rings. The lowest BCUT2D eigenvalue weighted by Gasteiger charge is -1.97. The van der Waals surface area contributed by atoms with Gasteiger partial charge in [-0.15, -0.1) is 0 Å². The number of aromatic nitrogens is 1. The Bertz CT molecular complexity index is 495. The number of carbonyl (C=O) groups excluding carboxylic acids is 1. The van der Waals surface area contributed by atoms with Crippen molar-refractivity contribution >= 4 is 43.5 Å². The molecule has 0 atom stereocenters. The average molecular weight is 272 g/mol. The molecule has 0 aliphatic carbocycles. The monoisotopic (exact) mass is 271 g/mol. The molecule has 2 aromatic rings. The second-order valence-corrected chi connectivity index (χ2v) is 4.23. The number of hydrogen-bond donors (Lipinski definition) is 0. The molecular weight excluding hydrogens is 266 g/mol. The fourth-order valence-corrected chi connectivity index (χ4v) is 2.57. The van der Waals surface area contributed by atoms with E-state index in [9.17, 15) is 4.79 Å². The number of hydrogen-bond acceptors (Lipinski definition) is 4. The molecule has 0 N–H and O–H groups in total. The Morgan fingerprint density at radius 3 is 3.07 bits per heavy atom. The first-order valence-corrected chi connectivity index (χ1v) is 5.42. The van der Waals surface area contributed by atoms with Crippen LogP contribution >= 0.6 is 27.5 Å². The van der Waals surface area contributed by atoms with Gasteiger partial charge in [-0.25, -0.2) is 4.79 Å². The van der Waals surface area contributed by atoms with Crippen molar-refractivity contribution in [3.8, 4) is 0 Å². The zero-order valence-corrected chi connectivity index (χ0v) is 9.68. The third-order valence-electron chi connectivity index (χ3n) is 1.85. The summed E-state index contributed by atoms with van der Waals surface area (Å²) in [5.41, 5.74) is 0.552. The van der Waals surface area contributed by atoms with E-state index in [-0.39, 0.29) is 5.97 Å². The van der Waals surface area contributed by atoms with Crippen LogP contribution in [-0.4, -0.2) is 17.5 Å². The van der Waals surface area contributed by atoms with Crippen molar-refractivity contribution in [2.75, 3.05) is 7.11 Å². The van der Waals surface area contributed by atoms with Crippen LogP contribution in [0.1, 0.15) is 10.4 Å². The van der Waals surface area contributed by atoms with Crippen LogP contribution in [0.4, 0.5) is 0 Å². The van der Waals surface area contributed by atoms with E-state index in [4.69, 9.17) is 0 Å². The fraction of sp³-hybridized carbons (Fsp3) is 0.111. The normalized spacial score (nSPS) is 10.4. The lowest BCUT2D eigenvalue weighted by molar-refractivity contribution is 0.0601. The van der Waals surface area contributed by atoms with E-state index in [0.29, 0.717) is 5.56 Å². The fourth-order valence-electron chi connectivity index (χ4n) is 1.15. The summed E-state index contributed by atoms with van der Waals surface area (Å²) in [7, 11) is 1.37. The molecule has 14 heavy (non-hydrogen) atoms. The molecule has 0 saturated heterocycles. The minimum absolute atomic E-state index is 0.323. The van der Waals surface area contributed by atoms with Gasteiger partial charge in [0.05, 0.1) is 17.4 Å². The van der Waals surface area contributed by atoms with E-state index in [0.717, 1.165) is 14.7 Å². The molecule has 3 nitrogen and oxygen atoms in total. The molecule has 1 aromatic heterocycles. The average Bonchev–Trinajstić information content (AvgIpc) is 2.59. The van der Waals surface area contributed by atoms with Crippen LogP contribution in [0, 0.1) is 0 Å². The molecule has 0 spiro atoms. The summed E-state index contributed by atoms with van der Waals surface area (Å²) < 4.78 is 10.5. The van der Waals surface area contributed by atoms with Gasteiger partial charge in [-0.05, 0) is 45.7 Å². The predicted octanol–water partition coefficient (Wildman–Crippen LogP) is 2.85. The molecule has 0 unspecified atom stereocenters. The Morgan fingerprint density at radius 1 is 1.57 bits per heavy atom. The molecule has 0 saturated carbocycles. The van der Waals surface area contributed by atoms with Gasteiger partial charge in [0.25, 0.3) is 0 Å². The highest BCUT2D eigenvalue weighted by Crippen LogP contribution is 2.27. The Labute approximate surface area is 93.0 Å². The zero-order valence-electron chi connectivity index (χ0n) is 7.28. The van der Waals surface area contributed by atoms with Crippen molar-refractivity contribution in [1.82, 2.24) is 4.37 Å². The Morgan fingerprint density at radius 2 is 2.36 bits per heavy atom. The van der Waals surface area contributed by atoms with Gasteiger partial charge < -0.3 is 4.74 Å². The Balaban J connectivity index is 2.57. The molecule has 0 amide bonds. The topological polar surface area (TPSA) is 39.2 Å². The maximum atomic E-state index is 11.2. The van der Waals surface area contributed by atoms with E-state index >= 15 is 0 Å². The van der Waals surface area contributed by atoms with Crippen molar-refractivity contribution in [2.45, 2.75) is 0 Å². The van der Waals surface area contributed by atoms with Gasteiger partial charge >= 0.3 is 5.97 Å². The number of esters is 1. The summed E-state index contributed by atoms with van der Waals surface area (Å²) in [6.07, 6.45) is 0. The third kappa shape index (κ3) is 1.53. The summed E-state index contributed by atoms with van der Waals surface area (Å²) in [5, 5.41) is 1.02. The standard InChI is InChI=1S/C9H6BrNO2S/c1-13-9(12)5-2-3-6-7(4-5)14-11-8(6)10/h2-4H,1H3. The number of halogens is 1. The SMILES string of the molecule is COC(=O)c1ccc2c(Br)nsc2c1. The predicted molar refractivity (Wildman–Crippen MR) is 58.7 cm³/mol. The van der Waals surface area contributed by atoms with Gasteiger partial charge in [0, 0.05) is 5.39 Å². The number of fused-ring (bicyclic) bond motifs is 1. The number of ether oxygens (including phenoxy) is 1. The number of carbonyl (C=O) groups is 1. The quantitative estimate of drug-likeness (QED) is 0.749. The van der Waals surface area contributed by atoms with Crippen LogP contribution in [0.15, 0.2) is 22.8 Å². The second-order valence-electron chi connectivity index (χ2n) is 2.68. The first-order valence-electron chi connectivity index (χ1n) is 3.85. The molecule has 1 heterocycles. The first-order chi connectivity index (χ1) is 6.72. The van der Waals surface area contributed by atoms with Crippen molar-refractivity contribution in [2.24, 2.45) is 0 Å². The molecule has 0 fully saturated rings. The van der Waals surface area contributed by atoms with Gasteiger partial charge in [0.1, 0.15) is 4.60 Å². The van der Waals surface area contributed by atoms with Crippen molar-refractivity contribution in [3.05, 3.63) is 28.4 Å². The summed E-state index contributed by atoms with van der Waals surface area (Å²) in [6, 6.07) is 5.37. The summed E-state index contributed by atoms with van der Waals surface area (Å²) >= 11 is 4.68. The number of rotatable bonds is 1. The van der Waals surface area contributed by atoms with Crippen LogP contribution < -0.4 is 0 Å². The van der Waals surface area contributed by atoms with Gasteiger partial charge in [0.2, 0.25) is 0 Å². The lowest BCUT2D eigenvalue weighted by Crippen LogP contribution is -1.99. The van der Waals surface area contributed by atoms with Gasteiger partial charge in [-0.1, -0.05) is 0 Å². The first kappa shape index (κ1) is 9.61. The highest BCUT2D eigenvalue weighted by molar-refractivity contribution is 9.10. The smallest absolute Gasteiger partial charge is 0.337 e. The molecule has 2 rings (SSSR count). The molecular formula is C9H6BrNO2S. The van der Waals surface area contributed by atoms with E-state index in [2.05, 4.69) is 25.0 Å². The highest BCUT2D eigenvalue weighted by atomic mass is 79.9.